The first-order valence-electron chi connectivity index (χ1n) is 6.68. The van der Waals surface area contributed by atoms with Crippen molar-refractivity contribution in [3.05, 3.63) is 64.2 Å². The lowest BCUT2D eigenvalue weighted by Gasteiger charge is -2.11. The van der Waals surface area contributed by atoms with Gasteiger partial charge in [-0.2, -0.15) is 0 Å². The van der Waals surface area contributed by atoms with Crippen molar-refractivity contribution in [2.24, 2.45) is 5.73 Å². The zero-order valence-electron chi connectivity index (χ0n) is 12.2. The van der Waals surface area contributed by atoms with Crippen LogP contribution in [0.1, 0.15) is 32.6 Å². The Labute approximate surface area is 119 Å². The van der Waals surface area contributed by atoms with Gasteiger partial charge in [0.1, 0.15) is 0 Å². The number of rotatable bonds is 4. The summed E-state index contributed by atoms with van der Waals surface area (Å²) in [4.78, 5) is 11.1. The summed E-state index contributed by atoms with van der Waals surface area (Å²) in [7, 11) is 0. The third-order valence-electron chi connectivity index (χ3n) is 3.57. The Morgan fingerprint density at radius 3 is 2.35 bits per heavy atom. The molecule has 0 radical (unpaired) electrons. The molecular formula is C17H20N2O. The zero-order chi connectivity index (χ0) is 14.7. The number of nitrogens with one attached hydrogen (secondary N) is 1. The second-order valence-corrected chi connectivity index (χ2v) is 5.17. The average Bonchev–Trinajstić information content (AvgIpc) is 2.41. The van der Waals surface area contributed by atoms with E-state index < -0.39 is 5.91 Å². The molecular weight excluding hydrogens is 248 g/mol. The molecule has 0 saturated heterocycles. The van der Waals surface area contributed by atoms with E-state index in [2.05, 4.69) is 37.4 Å². The molecule has 0 heterocycles. The third-order valence-corrected chi connectivity index (χ3v) is 3.57. The second-order valence-electron chi connectivity index (χ2n) is 5.17. The number of carbonyl (C=O) groups excluding carboxylic acids is 1. The Morgan fingerprint density at radius 2 is 1.75 bits per heavy atom. The number of benzene rings is 2. The molecule has 3 N–H and O–H groups in total. The van der Waals surface area contributed by atoms with Gasteiger partial charge in [0.2, 0.25) is 5.91 Å². The van der Waals surface area contributed by atoms with E-state index in [1.165, 1.54) is 16.7 Å². The molecule has 20 heavy (non-hydrogen) atoms. The maximum atomic E-state index is 11.1. The standard InChI is InChI=1S/C17H20N2O/c1-11-4-5-14(8-12(11)2)10-19-16-7-6-15(17(18)20)9-13(16)3/h4-9,19H,10H2,1-3H3,(H2,18,20). The fraction of sp³-hybridized carbons (Fsp3) is 0.235. The number of hydrogen-bond acceptors (Lipinski definition) is 2. The molecule has 1 amide bonds. The normalized spacial score (nSPS) is 10.3. The zero-order valence-corrected chi connectivity index (χ0v) is 12.2. The lowest BCUT2D eigenvalue weighted by atomic mass is 10.1. The van der Waals surface area contributed by atoms with Crippen molar-refractivity contribution in [1.82, 2.24) is 0 Å². The van der Waals surface area contributed by atoms with Crippen LogP contribution in [0.15, 0.2) is 36.4 Å². The van der Waals surface area contributed by atoms with Crippen LogP contribution in [0.3, 0.4) is 0 Å². The van der Waals surface area contributed by atoms with Gasteiger partial charge in [-0.25, -0.2) is 0 Å². The summed E-state index contributed by atoms with van der Waals surface area (Å²) >= 11 is 0. The fourth-order valence-corrected chi connectivity index (χ4v) is 2.13. The topological polar surface area (TPSA) is 55.1 Å². The molecule has 0 spiro atoms. The fourth-order valence-electron chi connectivity index (χ4n) is 2.13. The lowest BCUT2D eigenvalue weighted by Crippen LogP contribution is -2.11. The van der Waals surface area contributed by atoms with Gasteiger partial charge in [-0.1, -0.05) is 18.2 Å². The highest BCUT2D eigenvalue weighted by Gasteiger charge is 2.04. The van der Waals surface area contributed by atoms with Crippen molar-refractivity contribution >= 4 is 11.6 Å². The van der Waals surface area contributed by atoms with Gasteiger partial charge in [0.05, 0.1) is 0 Å². The lowest BCUT2D eigenvalue weighted by molar-refractivity contribution is 0.1000. The van der Waals surface area contributed by atoms with E-state index in [0.29, 0.717) is 5.56 Å². The Balaban J connectivity index is 2.10. The van der Waals surface area contributed by atoms with Gasteiger partial charge in [-0.3, -0.25) is 4.79 Å². The molecule has 0 bridgehead atoms. The molecule has 2 rings (SSSR count). The van der Waals surface area contributed by atoms with Gasteiger partial charge in [-0.15, -0.1) is 0 Å². The second kappa shape index (κ2) is 5.78. The van der Waals surface area contributed by atoms with Crippen molar-refractivity contribution in [2.45, 2.75) is 27.3 Å². The Morgan fingerprint density at radius 1 is 1.00 bits per heavy atom. The molecule has 2 aromatic rings. The molecule has 0 saturated carbocycles. The Kier molecular flexibility index (Phi) is 4.08. The smallest absolute Gasteiger partial charge is 0.248 e. The molecule has 0 aliphatic rings. The Hall–Kier alpha value is -2.29. The SMILES string of the molecule is Cc1ccc(CNc2ccc(C(N)=O)cc2C)cc1C. The van der Waals surface area contributed by atoms with Gasteiger partial charge in [-0.05, 0) is 61.2 Å². The summed E-state index contributed by atoms with van der Waals surface area (Å²) in [5, 5.41) is 3.39. The van der Waals surface area contributed by atoms with Gasteiger partial charge in [0.15, 0.2) is 0 Å². The van der Waals surface area contributed by atoms with E-state index in [0.717, 1.165) is 17.8 Å². The third kappa shape index (κ3) is 3.18. The molecule has 3 nitrogen and oxygen atoms in total. The number of aryl methyl sites for hydroxylation is 3. The van der Waals surface area contributed by atoms with Crippen molar-refractivity contribution in [3.8, 4) is 0 Å². The van der Waals surface area contributed by atoms with Crippen molar-refractivity contribution < 1.29 is 4.79 Å². The largest absolute Gasteiger partial charge is 0.381 e. The van der Waals surface area contributed by atoms with Gasteiger partial charge >= 0.3 is 0 Å². The van der Waals surface area contributed by atoms with Crippen LogP contribution in [-0.4, -0.2) is 5.91 Å². The molecule has 0 aromatic heterocycles. The Bertz CT molecular complexity index is 647. The summed E-state index contributed by atoms with van der Waals surface area (Å²) in [6.45, 7) is 6.96. The highest BCUT2D eigenvalue weighted by molar-refractivity contribution is 5.93. The highest BCUT2D eigenvalue weighted by Crippen LogP contribution is 2.18. The van der Waals surface area contributed by atoms with E-state index >= 15 is 0 Å². The average molecular weight is 268 g/mol. The number of anilines is 1. The van der Waals surface area contributed by atoms with E-state index in [-0.39, 0.29) is 0 Å². The molecule has 2 aromatic carbocycles. The summed E-state index contributed by atoms with van der Waals surface area (Å²) in [6.07, 6.45) is 0. The molecule has 0 aliphatic carbocycles. The molecule has 3 heteroatoms. The minimum absolute atomic E-state index is 0.395. The first-order chi connectivity index (χ1) is 9.47. The maximum Gasteiger partial charge on any atom is 0.248 e. The summed E-state index contributed by atoms with van der Waals surface area (Å²) < 4.78 is 0. The highest BCUT2D eigenvalue weighted by atomic mass is 16.1. The monoisotopic (exact) mass is 268 g/mol. The number of nitrogens with two attached hydrogens (primary N) is 1. The van der Waals surface area contributed by atoms with Crippen LogP contribution >= 0.6 is 0 Å². The van der Waals surface area contributed by atoms with E-state index in [1.807, 2.05) is 19.1 Å². The number of amides is 1. The van der Waals surface area contributed by atoms with E-state index in [4.69, 9.17) is 5.73 Å². The number of hydrogen-bond donors (Lipinski definition) is 2. The van der Waals surface area contributed by atoms with Crippen LogP contribution in [-0.2, 0) is 6.54 Å². The van der Waals surface area contributed by atoms with Crippen LogP contribution < -0.4 is 11.1 Å². The van der Waals surface area contributed by atoms with Gasteiger partial charge in [0, 0.05) is 17.8 Å². The van der Waals surface area contributed by atoms with Crippen LogP contribution in [0.25, 0.3) is 0 Å². The summed E-state index contributed by atoms with van der Waals surface area (Å²) in [5.74, 6) is -0.395. The van der Waals surface area contributed by atoms with Crippen LogP contribution in [0, 0.1) is 20.8 Å². The quantitative estimate of drug-likeness (QED) is 0.893. The van der Waals surface area contributed by atoms with Gasteiger partial charge < -0.3 is 11.1 Å². The van der Waals surface area contributed by atoms with Crippen LogP contribution in [0.2, 0.25) is 0 Å². The van der Waals surface area contributed by atoms with Gasteiger partial charge in [0.25, 0.3) is 0 Å². The summed E-state index contributed by atoms with van der Waals surface area (Å²) in [5.41, 5.74) is 11.7. The first-order valence-corrected chi connectivity index (χ1v) is 6.68. The molecule has 0 atom stereocenters. The van der Waals surface area contributed by atoms with Crippen LogP contribution in [0.5, 0.6) is 0 Å². The van der Waals surface area contributed by atoms with Crippen molar-refractivity contribution in [3.63, 3.8) is 0 Å². The molecule has 0 aliphatic heterocycles. The minimum atomic E-state index is -0.395. The predicted octanol–water partition coefficient (Wildman–Crippen LogP) is 3.32. The maximum absolute atomic E-state index is 11.1. The van der Waals surface area contributed by atoms with E-state index in [1.54, 1.807) is 6.07 Å². The number of primary amides is 1. The van der Waals surface area contributed by atoms with Crippen molar-refractivity contribution in [1.29, 1.82) is 0 Å². The van der Waals surface area contributed by atoms with Crippen molar-refractivity contribution in [2.75, 3.05) is 5.32 Å². The molecule has 0 unspecified atom stereocenters. The minimum Gasteiger partial charge on any atom is -0.381 e. The predicted molar refractivity (Wildman–Crippen MR) is 82.9 cm³/mol. The molecule has 0 fully saturated rings. The van der Waals surface area contributed by atoms with E-state index in [9.17, 15) is 4.79 Å². The molecule has 104 valence electrons. The summed E-state index contributed by atoms with van der Waals surface area (Å²) in [6, 6.07) is 11.9. The first kappa shape index (κ1) is 14.1. The van der Waals surface area contributed by atoms with Crippen LogP contribution in [0.4, 0.5) is 5.69 Å². The number of carbonyl (C=O) groups is 1.